The third-order valence-corrected chi connectivity index (χ3v) is 4.23. The lowest BCUT2D eigenvalue weighted by Gasteiger charge is -2.10. The van der Waals surface area contributed by atoms with Crippen LogP contribution in [0.25, 0.3) is 10.9 Å². The van der Waals surface area contributed by atoms with Crippen LogP contribution in [0.15, 0.2) is 54.7 Å². The number of carbonyl (C=O) groups excluding carboxylic acids is 1. The molecular weight excluding hydrogens is 389 g/mol. The first-order valence-electron chi connectivity index (χ1n) is 9.17. The van der Waals surface area contributed by atoms with Crippen LogP contribution in [0.2, 0.25) is 0 Å². The second-order valence-electron chi connectivity index (χ2n) is 6.40. The van der Waals surface area contributed by atoms with Crippen LogP contribution in [0.5, 0.6) is 5.75 Å². The number of aromatic hydroxyl groups is 1. The number of hydrogen-bond donors (Lipinski definition) is 4. The molecular formula is C21H18FN5O3. The summed E-state index contributed by atoms with van der Waals surface area (Å²) in [5.74, 6) is -0.864. The van der Waals surface area contributed by atoms with Gasteiger partial charge in [0.25, 0.3) is 0 Å². The van der Waals surface area contributed by atoms with Crippen molar-refractivity contribution in [3.8, 4) is 5.75 Å². The fraction of sp³-hybridized carbons (Fsp3) is 0.0952. The number of H-pyrrole nitrogens is 1. The summed E-state index contributed by atoms with van der Waals surface area (Å²) in [5, 5.41) is 16.2. The third-order valence-electron chi connectivity index (χ3n) is 4.23. The van der Waals surface area contributed by atoms with Crippen molar-refractivity contribution in [3.63, 3.8) is 0 Å². The summed E-state index contributed by atoms with van der Waals surface area (Å²) in [6.45, 7) is 2.04. The number of nitrogens with one attached hydrogen (secondary N) is 3. The lowest BCUT2D eigenvalue weighted by atomic mass is 10.2. The molecule has 0 aliphatic rings. The van der Waals surface area contributed by atoms with Crippen molar-refractivity contribution in [1.29, 1.82) is 0 Å². The van der Waals surface area contributed by atoms with Gasteiger partial charge in [0.05, 0.1) is 12.8 Å². The Hall–Kier alpha value is -4.14. The molecule has 30 heavy (non-hydrogen) atoms. The zero-order chi connectivity index (χ0) is 21.1. The highest BCUT2D eigenvalue weighted by Crippen LogP contribution is 2.25. The summed E-state index contributed by atoms with van der Waals surface area (Å²) in [6.07, 6.45) is 1.05. The van der Waals surface area contributed by atoms with Gasteiger partial charge in [0, 0.05) is 28.3 Å². The minimum absolute atomic E-state index is 0.0366. The van der Waals surface area contributed by atoms with E-state index in [1.54, 1.807) is 37.3 Å². The molecule has 0 aliphatic heterocycles. The number of fused-ring (bicyclic) bond motifs is 1. The molecule has 0 spiro atoms. The van der Waals surface area contributed by atoms with Gasteiger partial charge >= 0.3 is 5.97 Å². The first-order chi connectivity index (χ1) is 14.5. The maximum atomic E-state index is 14.1. The van der Waals surface area contributed by atoms with E-state index in [1.165, 1.54) is 12.1 Å². The van der Waals surface area contributed by atoms with Crippen LogP contribution in [0.1, 0.15) is 17.4 Å². The topological polar surface area (TPSA) is 112 Å². The van der Waals surface area contributed by atoms with Crippen LogP contribution >= 0.6 is 0 Å². The zero-order valence-electron chi connectivity index (χ0n) is 15.9. The molecule has 0 saturated carbocycles. The van der Waals surface area contributed by atoms with Gasteiger partial charge in [-0.15, -0.1) is 0 Å². The highest BCUT2D eigenvalue weighted by Gasteiger charge is 2.12. The van der Waals surface area contributed by atoms with E-state index in [0.717, 1.165) is 17.1 Å². The van der Waals surface area contributed by atoms with E-state index >= 15 is 0 Å². The van der Waals surface area contributed by atoms with Gasteiger partial charge < -0.3 is 25.5 Å². The molecule has 9 heteroatoms. The fourth-order valence-corrected chi connectivity index (χ4v) is 2.89. The van der Waals surface area contributed by atoms with Crippen molar-refractivity contribution >= 4 is 40.0 Å². The molecule has 4 aromatic rings. The van der Waals surface area contributed by atoms with Crippen LogP contribution in [-0.4, -0.2) is 32.6 Å². The second-order valence-corrected chi connectivity index (χ2v) is 6.40. The summed E-state index contributed by atoms with van der Waals surface area (Å²) >= 11 is 0. The van der Waals surface area contributed by atoms with Gasteiger partial charge in [-0.05, 0) is 43.3 Å². The molecule has 4 N–H and O–H groups in total. The van der Waals surface area contributed by atoms with E-state index in [-0.39, 0.29) is 17.5 Å². The van der Waals surface area contributed by atoms with E-state index in [9.17, 15) is 14.3 Å². The zero-order valence-corrected chi connectivity index (χ0v) is 15.9. The van der Waals surface area contributed by atoms with E-state index in [4.69, 9.17) is 4.74 Å². The summed E-state index contributed by atoms with van der Waals surface area (Å²) in [7, 11) is 0. The highest BCUT2D eigenvalue weighted by molar-refractivity contribution is 5.95. The van der Waals surface area contributed by atoms with Crippen molar-refractivity contribution in [1.82, 2.24) is 15.0 Å². The van der Waals surface area contributed by atoms with E-state index in [0.29, 0.717) is 23.7 Å². The molecule has 0 unspecified atom stereocenters. The Labute approximate surface area is 170 Å². The molecule has 0 radical (unpaired) electrons. The number of aromatic nitrogens is 3. The van der Waals surface area contributed by atoms with E-state index < -0.39 is 11.8 Å². The molecule has 0 aliphatic carbocycles. The predicted octanol–water partition coefficient (Wildman–Crippen LogP) is 4.47. The minimum Gasteiger partial charge on any atom is -0.508 e. The van der Waals surface area contributed by atoms with Gasteiger partial charge in [0.1, 0.15) is 11.4 Å². The minimum atomic E-state index is -0.635. The number of benzene rings is 2. The number of ether oxygens (including phenoxy) is 1. The average Bonchev–Trinajstić information content (AvgIpc) is 3.14. The monoisotopic (exact) mass is 407 g/mol. The Morgan fingerprint density at radius 1 is 1.17 bits per heavy atom. The van der Waals surface area contributed by atoms with E-state index in [1.807, 2.05) is 6.07 Å². The van der Waals surface area contributed by atoms with Gasteiger partial charge in [-0.2, -0.15) is 4.98 Å². The van der Waals surface area contributed by atoms with Crippen LogP contribution in [0, 0.1) is 5.82 Å². The number of anilines is 4. The molecule has 2 heterocycles. The molecule has 152 valence electrons. The number of aromatic amines is 1. The summed E-state index contributed by atoms with van der Waals surface area (Å²) in [5.41, 5.74) is 2.28. The lowest BCUT2D eigenvalue weighted by Crippen LogP contribution is -2.04. The smallest absolute Gasteiger partial charge is 0.354 e. The van der Waals surface area contributed by atoms with Gasteiger partial charge in [0.15, 0.2) is 11.6 Å². The Balaban J connectivity index is 1.56. The number of rotatable bonds is 6. The number of hydrogen-bond acceptors (Lipinski definition) is 7. The Kier molecular flexibility index (Phi) is 5.17. The normalized spacial score (nSPS) is 10.7. The molecule has 0 bridgehead atoms. The standard InChI is InChI=1S/C21H18FN5O3/c1-2-30-20(29)18-9-12-8-14(6-7-17(12)26-18)25-21-23-11-16(22)19(27-21)24-13-4-3-5-15(28)10-13/h3-11,26,28H,2H2,1H3,(H2,23,24,25,27). The maximum absolute atomic E-state index is 14.1. The van der Waals surface area contributed by atoms with Crippen LogP contribution in [-0.2, 0) is 4.74 Å². The SMILES string of the molecule is CCOC(=O)c1cc2cc(Nc3ncc(F)c(Nc4cccc(O)c4)n3)ccc2[nH]1. The number of halogens is 1. The third kappa shape index (κ3) is 4.14. The average molecular weight is 407 g/mol. The largest absolute Gasteiger partial charge is 0.508 e. The van der Waals surface area contributed by atoms with Crippen LogP contribution in [0.4, 0.5) is 27.5 Å². The van der Waals surface area contributed by atoms with E-state index in [2.05, 4.69) is 25.6 Å². The molecule has 0 atom stereocenters. The van der Waals surface area contributed by atoms with Crippen molar-refractivity contribution in [3.05, 3.63) is 66.2 Å². The quantitative estimate of drug-likeness (QED) is 0.349. The molecule has 2 aromatic heterocycles. The number of phenolic OH excluding ortho intramolecular Hbond substituents is 1. The Morgan fingerprint density at radius 2 is 2.00 bits per heavy atom. The molecule has 0 fully saturated rings. The van der Waals surface area contributed by atoms with Crippen LogP contribution < -0.4 is 10.6 Å². The Morgan fingerprint density at radius 3 is 2.80 bits per heavy atom. The van der Waals surface area contributed by atoms with Crippen molar-refractivity contribution in [2.45, 2.75) is 6.92 Å². The van der Waals surface area contributed by atoms with Gasteiger partial charge in [-0.1, -0.05) is 6.07 Å². The first-order valence-corrected chi connectivity index (χ1v) is 9.17. The number of esters is 1. The first kappa shape index (κ1) is 19.2. The number of nitrogens with zero attached hydrogens (tertiary/aromatic N) is 2. The van der Waals surface area contributed by atoms with Crippen molar-refractivity contribution in [2.24, 2.45) is 0 Å². The van der Waals surface area contributed by atoms with Crippen molar-refractivity contribution < 1.29 is 19.0 Å². The van der Waals surface area contributed by atoms with Gasteiger partial charge in [-0.25, -0.2) is 14.2 Å². The summed E-state index contributed by atoms with van der Waals surface area (Å²) in [4.78, 5) is 23.0. The summed E-state index contributed by atoms with van der Waals surface area (Å²) in [6, 6.07) is 13.4. The summed E-state index contributed by atoms with van der Waals surface area (Å²) < 4.78 is 19.1. The molecule has 2 aromatic carbocycles. The molecule has 0 amide bonds. The maximum Gasteiger partial charge on any atom is 0.354 e. The Bertz CT molecular complexity index is 1220. The van der Waals surface area contributed by atoms with Crippen molar-refractivity contribution in [2.75, 3.05) is 17.2 Å². The highest BCUT2D eigenvalue weighted by atomic mass is 19.1. The number of carbonyl (C=O) groups is 1. The lowest BCUT2D eigenvalue weighted by molar-refractivity contribution is 0.0520. The molecule has 8 nitrogen and oxygen atoms in total. The number of phenols is 1. The molecule has 4 rings (SSSR count). The van der Waals surface area contributed by atoms with Gasteiger partial charge in [-0.3, -0.25) is 0 Å². The second kappa shape index (κ2) is 8.08. The van der Waals surface area contributed by atoms with Gasteiger partial charge in [0.2, 0.25) is 5.95 Å². The van der Waals surface area contributed by atoms with Crippen LogP contribution in [0.3, 0.4) is 0 Å². The fourth-order valence-electron chi connectivity index (χ4n) is 2.89. The molecule has 0 saturated heterocycles. The predicted molar refractivity (Wildman–Crippen MR) is 111 cm³/mol.